The van der Waals surface area contributed by atoms with Crippen molar-refractivity contribution in [2.75, 3.05) is 0 Å². The minimum absolute atomic E-state index is 0.685. The van der Waals surface area contributed by atoms with E-state index in [1.54, 1.807) is 0 Å². The summed E-state index contributed by atoms with van der Waals surface area (Å²) in [4.78, 5) is 4.98. The van der Waals surface area contributed by atoms with Crippen LogP contribution in [0.1, 0.15) is 0 Å². The van der Waals surface area contributed by atoms with Gasteiger partial charge < -0.3 is 0 Å². The zero-order valence-corrected chi connectivity index (χ0v) is 18.8. The van der Waals surface area contributed by atoms with Gasteiger partial charge in [0.25, 0.3) is 0 Å². The monoisotopic (exact) mass is 437 g/mol. The smallest absolute Gasteiger partial charge is 0.0796 e. The van der Waals surface area contributed by atoms with Crippen LogP contribution in [0.2, 0.25) is 0 Å². The van der Waals surface area contributed by atoms with E-state index in [0.717, 1.165) is 5.69 Å². The van der Waals surface area contributed by atoms with E-state index in [2.05, 4.69) is 115 Å². The molecule has 154 valence electrons. The number of benzene rings is 5. The van der Waals surface area contributed by atoms with Gasteiger partial charge in [-0.25, -0.2) is 0 Å². The number of fused-ring (bicyclic) bond motifs is 5. The highest BCUT2D eigenvalue weighted by Crippen LogP contribution is 2.58. The maximum absolute atomic E-state index is 4.98. The van der Waals surface area contributed by atoms with Crippen LogP contribution >= 0.6 is 7.53 Å². The Morgan fingerprint density at radius 2 is 1.00 bits per heavy atom. The summed E-state index contributed by atoms with van der Waals surface area (Å²) >= 11 is 0. The van der Waals surface area contributed by atoms with Crippen molar-refractivity contribution in [1.29, 1.82) is 0 Å². The minimum atomic E-state index is -0.685. The van der Waals surface area contributed by atoms with Crippen LogP contribution in [0, 0.1) is 0 Å². The Morgan fingerprint density at radius 3 is 1.70 bits per heavy atom. The van der Waals surface area contributed by atoms with Gasteiger partial charge in [-0.3, -0.25) is 4.98 Å². The minimum Gasteiger partial charge on any atom is -0.256 e. The molecule has 2 heterocycles. The number of aromatic nitrogens is 1. The van der Waals surface area contributed by atoms with Crippen molar-refractivity contribution >= 4 is 50.1 Å². The normalized spacial score (nSPS) is 11.6. The van der Waals surface area contributed by atoms with Gasteiger partial charge >= 0.3 is 0 Å². The maximum Gasteiger partial charge on any atom is 0.0796 e. The second-order valence-corrected chi connectivity index (χ2v) is 10.5. The van der Waals surface area contributed by atoms with E-state index >= 15 is 0 Å². The van der Waals surface area contributed by atoms with Crippen molar-refractivity contribution in [2.45, 2.75) is 0 Å². The highest BCUT2D eigenvalue weighted by atomic mass is 31.1. The van der Waals surface area contributed by atoms with Crippen molar-refractivity contribution in [2.24, 2.45) is 0 Å². The molecule has 0 atom stereocenters. The Balaban J connectivity index is 1.70. The van der Waals surface area contributed by atoms with Crippen LogP contribution in [0.5, 0.6) is 0 Å². The highest BCUT2D eigenvalue weighted by molar-refractivity contribution is 7.68. The molecule has 7 rings (SSSR count). The lowest BCUT2D eigenvalue weighted by molar-refractivity contribution is 1.37. The molecule has 0 aliphatic heterocycles. The van der Waals surface area contributed by atoms with Crippen LogP contribution in [0.4, 0.5) is 0 Å². The van der Waals surface area contributed by atoms with Crippen LogP contribution < -0.4 is 0 Å². The summed E-state index contributed by atoms with van der Waals surface area (Å²) in [5, 5.41) is 11.9. The van der Waals surface area contributed by atoms with Crippen LogP contribution in [-0.2, 0) is 0 Å². The Morgan fingerprint density at radius 1 is 0.455 bits per heavy atom. The number of hydrogen-bond donors (Lipinski definition) is 0. The lowest BCUT2D eigenvalue weighted by Gasteiger charge is -2.16. The molecule has 0 amide bonds. The van der Waals surface area contributed by atoms with Crippen LogP contribution in [0.15, 0.2) is 121 Å². The molecule has 0 radical (unpaired) electrons. The highest BCUT2D eigenvalue weighted by Gasteiger charge is 2.20. The fourth-order valence-electron chi connectivity index (χ4n) is 5.20. The number of nitrogens with zero attached hydrogens (tertiary/aromatic N) is 1. The molecule has 7 aromatic rings. The van der Waals surface area contributed by atoms with Gasteiger partial charge in [0.2, 0.25) is 0 Å². The van der Waals surface area contributed by atoms with Gasteiger partial charge in [-0.2, -0.15) is 0 Å². The molecule has 0 saturated carbocycles. The Hall–Kier alpha value is -3.93. The fourth-order valence-corrected chi connectivity index (χ4v) is 7.99. The summed E-state index contributed by atoms with van der Waals surface area (Å²) in [5.74, 6) is 0. The zero-order valence-electron chi connectivity index (χ0n) is 17.9. The molecule has 0 bridgehead atoms. The van der Waals surface area contributed by atoms with Crippen LogP contribution in [0.3, 0.4) is 0 Å². The molecule has 0 fully saturated rings. The molecule has 5 aromatic carbocycles. The van der Waals surface area contributed by atoms with Crippen molar-refractivity contribution in [3.05, 3.63) is 121 Å². The Bertz CT molecular complexity index is 1770. The molecule has 0 aliphatic carbocycles. The lowest BCUT2D eigenvalue weighted by atomic mass is 9.98. The van der Waals surface area contributed by atoms with Gasteiger partial charge in [0.05, 0.1) is 5.69 Å². The first-order chi connectivity index (χ1) is 16.4. The third-order valence-electron chi connectivity index (χ3n) is 6.64. The lowest BCUT2D eigenvalue weighted by Crippen LogP contribution is -1.90. The van der Waals surface area contributed by atoms with E-state index in [0.29, 0.717) is 0 Å². The van der Waals surface area contributed by atoms with Gasteiger partial charge in [-0.15, -0.1) is 0 Å². The van der Waals surface area contributed by atoms with Crippen LogP contribution in [0.25, 0.3) is 59.1 Å². The molecule has 0 aliphatic rings. The van der Waals surface area contributed by atoms with E-state index in [4.69, 9.17) is 4.98 Å². The van der Waals surface area contributed by atoms with Crippen LogP contribution in [-0.4, -0.2) is 4.98 Å². The first kappa shape index (κ1) is 18.6. The predicted octanol–water partition coefficient (Wildman–Crippen LogP) is 9.34. The molecular weight excluding hydrogens is 417 g/mol. The van der Waals surface area contributed by atoms with E-state index < -0.39 is 7.53 Å². The van der Waals surface area contributed by atoms with Crippen molar-refractivity contribution in [3.63, 3.8) is 0 Å². The van der Waals surface area contributed by atoms with E-state index in [1.807, 2.05) is 6.20 Å². The standard InChI is InChI=1S/C31H20NP/c1-3-11-23-21(9-1)17-18-29(30(23)31-24-12-4-2-10-22(24)19-20-32-31)33-27-15-7-5-13-25(27)26-14-6-8-16-28(26)33/h1-20H. The van der Waals surface area contributed by atoms with E-state index in [1.165, 1.54) is 53.4 Å². The summed E-state index contributed by atoms with van der Waals surface area (Å²) in [6.07, 6.45) is 1.95. The van der Waals surface area contributed by atoms with Gasteiger partial charge in [-0.1, -0.05) is 111 Å². The maximum atomic E-state index is 4.98. The number of hydrogen-bond acceptors (Lipinski definition) is 1. The fraction of sp³-hybridized carbons (Fsp3) is 0. The molecule has 2 aromatic heterocycles. The molecule has 0 spiro atoms. The average Bonchev–Trinajstić information content (AvgIpc) is 3.22. The van der Waals surface area contributed by atoms with E-state index in [9.17, 15) is 0 Å². The first-order valence-corrected chi connectivity index (χ1v) is 12.6. The number of rotatable bonds is 2. The Labute approximate surface area is 193 Å². The van der Waals surface area contributed by atoms with Gasteiger partial charge in [0.1, 0.15) is 0 Å². The van der Waals surface area contributed by atoms with Gasteiger partial charge in [0, 0.05) is 32.7 Å². The Kier molecular flexibility index (Phi) is 4.12. The third-order valence-corrected chi connectivity index (χ3v) is 9.24. The molecule has 0 N–H and O–H groups in total. The number of pyridine rings is 1. The van der Waals surface area contributed by atoms with Crippen molar-refractivity contribution < 1.29 is 0 Å². The molecular formula is C31H20NP. The van der Waals surface area contributed by atoms with E-state index in [-0.39, 0.29) is 0 Å². The SMILES string of the molecule is c1ccc2c(-c3c(-p4c5ccccc5c5ccccc54)ccc4ccccc34)nccc2c1. The summed E-state index contributed by atoms with van der Waals surface area (Å²) < 4.78 is 0. The third kappa shape index (κ3) is 2.76. The zero-order chi connectivity index (χ0) is 21.8. The summed E-state index contributed by atoms with van der Waals surface area (Å²) in [6, 6.07) is 41.9. The average molecular weight is 437 g/mol. The quantitative estimate of drug-likeness (QED) is 0.262. The molecule has 2 heteroatoms. The molecule has 33 heavy (non-hydrogen) atoms. The first-order valence-electron chi connectivity index (χ1n) is 11.2. The van der Waals surface area contributed by atoms with Gasteiger partial charge in [0.15, 0.2) is 0 Å². The summed E-state index contributed by atoms with van der Waals surface area (Å²) in [7, 11) is -0.685. The van der Waals surface area contributed by atoms with Crippen molar-refractivity contribution in [3.8, 4) is 16.6 Å². The second-order valence-electron chi connectivity index (χ2n) is 8.43. The predicted molar refractivity (Wildman–Crippen MR) is 144 cm³/mol. The van der Waals surface area contributed by atoms with Crippen molar-refractivity contribution in [1.82, 2.24) is 4.98 Å². The second kappa shape index (κ2) is 7.30. The topological polar surface area (TPSA) is 12.9 Å². The van der Waals surface area contributed by atoms with Gasteiger partial charge in [-0.05, 0) is 39.1 Å². The summed E-state index contributed by atoms with van der Waals surface area (Å²) in [5.41, 5.74) is 2.34. The largest absolute Gasteiger partial charge is 0.256 e. The summed E-state index contributed by atoms with van der Waals surface area (Å²) in [6.45, 7) is 0. The molecule has 0 saturated heterocycles. The molecule has 1 nitrogen and oxygen atoms in total. The molecule has 0 unspecified atom stereocenters.